The van der Waals surface area contributed by atoms with E-state index in [1.54, 1.807) is 4.90 Å². The first-order valence-electron chi connectivity index (χ1n) is 11.9. The zero-order valence-electron chi connectivity index (χ0n) is 21.6. The summed E-state index contributed by atoms with van der Waals surface area (Å²) in [5.74, 6) is 0.401. The number of carbonyl (C=O) groups is 2. The maximum absolute atomic E-state index is 13.0. The van der Waals surface area contributed by atoms with Crippen LogP contribution in [0.15, 0.2) is 30.3 Å². The van der Waals surface area contributed by atoms with Gasteiger partial charge in [0.1, 0.15) is 12.4 Å². The van der Waals surface area contributed by atoms with Crippen LogP contribution in [0.4, 0.5) is 16.3 Å². The molecule has 1 heterocycles. The molecule has 2 rings (SSSR count). The van der Waals surface area contributed by atoms with Crippen LogP contribution in [-0.2, 0) is 22.2 Å². The fourth-order valence-corrected chi connectivity index (χ4v) is 3.38. The summed E-state index contributed by atoms with van der Waals surface area (Å²) >= 11 is 0. The Morgan fingerprint density at radius 1 is 1.03 bits per heavy atom. The lowest BCUT2D eigenvalue weighted by molar-refractivity contribution is -0.116. The van der Waals surface area contributed by atoms with Gasteiger partial charge in [-0.1, -0.05) is 53.2 Å². The van der Waals surface area contributed by atoms with Crippen molar-refractivity contribution >= 4 is 23.4 Å². The first-order valence-corrected chi connectivity index (χ1v) is 11.9. The third kappa shape index (κ3) is 7.62. The van der Waals surface area contributed by atoms with Gasteiger partial charge in [0, 0.05) is 23.7 Å². The molecule has 1 aromatic carbocycles. The summed E-state index contributed by atoms with van der Waals surface area (Å²) in [7, 11) is 0. The number of rotatable bonds is 8. The molecule has 0 saturated heterocycles. The van der Waals surface area contributed by atoms with E-state index in [0.717, 1.165) is 36.2 Å². The van der Waals surface area contributed by atoms with Crippen LogP contribution in [0.2, 0.25) is 0 Å². The van der Waals surface area contributed by atoms with Gasteiger partial charge in [-0.2, -0.15) is 5.10 Å². The van der Waals surface area contributed by atoms with Gasteiger partial charge in [0.2, 0.25) is 5.91 Å². The highest BCUT2D eigenvalue weighted by atomic mass is 16.2. The highest BCUT2D eigenvalue weighted by Gasteiger charge is 2.26. The number of nitrogens with zero attached hydrogens (tertiary/aromatic N) is 3. The van der Waals surface area contributed by atoms with E-state index in [-0.39, 0.29) is 29.4 Å². The summed E-state index contributed by atoms with van der Waals surface area (Å²) in [6.45, 7) is 17.1. The second kappa shape index (κ2) is 10.9. The molecule has 7 heteroatoms. The molecule has 0 unspecified atom stereocenters. The van der Waals surface area contributed by atoms with Crippen molar-refractivity contribution in [3.63, 3.8) is 0 Å². The van der Waals surface area contributed by atoms with Gasteiger partial charge >= 0.3 is 6.03 Å². The molecule has 0 saturated carbocycles. The SMILES string of the molecule is CCCCN(CC(=O)Nc1cc(C(C)(C)C)nn1C(C)(C)C)C(=O)Nc1cccc(CC)c1. The van der Waals surface area contributed by atoms with Crippen LogP contribution in [-0.4, -0.2) is 39.7 Å². The van der Waals surface area contributed by atoms with Crippen LogP contribution in [0.3, 0.4) is 0 Å². The number of aryl methyl sites for hydroxylation is 1. The number of hydrogen-bond donors (Lipinski definition) is 2. The van der Waals surface area contributed by atoms with Gasteiger partial charge in [0.25, 0.3) is 0 Å². The summed E-state index contributed by atoms with van der Waals surface area (Å²) in [6.07, 6.45) is 2.65. The first kappa shape index (κ1) is 26.4. The van der Waals surface area contributed by atoms with Crippen LogP contribution >= 0.6 is 0 Å². The molecule has 0 radical (unpaired) electrons. The molecule has 3 amide bonds. The standard InChI is InChI=1S/C26H41N5O2/c1-9-11-15-30(24(33)27-20-14-12-13-19(10-2)16-20)18-23(32)28-22-17-21(25(3,4)5)29-31(22)26(6,7)8/h12-14,16-17H,9-11,15,18H2,1-8H3,(H,27,33)(H,28,32). The molecule has 0 spiro atoms. The van der Waals surface area contributed by atoms with E-state index < -0.39 is 0 Å². The topological polar surface area (TPSA) is 79.3 Å². The van der Waals surface area contributed by atoms with Crippen molar-refractivity contribution in [1.82, 2.24) is 14.7 Å². The van der Waals surface area contributed by atoms with Crippen LogP contribution in [0.25, 0.3) is 0 Å². The third-order valence-electron chi connectivity index (χ3n) is 5.37. The van der Waals surface area contributed by atoms with Crippen LogP contribution in [0, 0.1) is 0 Å². The summed E-state index contributed by atoms with van der Waals surface area (Å²) in [6, 6.07) is 9.44. The number of amides is 3. The van der Waals surface area contributed by atoms with Gasteiger partial charge in [0.15, 0.2) is 0 Å². The second-order valence-electron chi connectivity index (χ2n) is 10.6. The van der Waals surface area contributed by atoms with E-state index >= 15 is 0 Å². The predicted molar refractivity (Wildman–Crippen MR) is 136 cm³/mol. The third-order valence-corrected chi connectivity index (χ3v) is 5.37. The largest absolute Gasteiger partial charge is 0.322 e. The Balaban J connectivity index is 2.18. The zero-order chi connectivity index (χ0) is 24.8. The predicted octanol–water partition coefficient (Wildman–Crippen LogP) is 5.77. The summed E-state index contributed by atoms with van der Waals surface area (Å²) in [4.78, 5) is 27.6. The second-order valence-corrected chi connectivity index (χ2v) is 10.6. The Hall–Kier alpha value is -2.83. The van der Waals surface area contributed by atoms with Crippen LogP contribution < -0.4 is 10.6 Å². The minimum Gasteiger partial charge on any atom is -0.315 e. The van der Waals surface area contributed by atoms with Crippen molar-refractivity contribution in [3.8, 4) is 0 Å². The minimum atomic E-state index is -0.296. The molecule has 0 aliphatic heterocycles. The Morgan fingerprint density at radius 2 is 1.73 bits per heavy atom. The van der Waals surface area contributed by atoms with Crippen LogP contribution in [0.5, 0.6) is 0 Å². The lowest BCUT2D eigenvalue weighted by Gasteiger charge is -2.25. The molecule has 182 valence electrons. The van der Waals surface area contributed by atoms with Gasteiger partial charge in [-0.25, -0.2) is 9.48 Å². The van der Waals surface area contributed by atoms with Crippen molar-refractivity contribution in [2.24, 2.45) is 0 Å². The van der Waals surface area contributed by atoms with Gasteiger partial charge in [-0.15, -0.1) is 0 Å². The molecule has 0 bridgehead atoms. The number of unbranched alkanes of at least 4 members (excludes halogenated alkanes) is 1. The minimum absolute atomic E-state index is 0.0283. The van der Waals surface area contributed by atoms with E-state index in [4.69, 9.17) is 5.10 Å². The number of hydrogen-bond acceptors (Lipinski definition) is 3. The van der Waals surface area contributed by atoms with E-state index in [1.165, 1.54) is 0 Å². The molecule has 0 aliphatic rings. The van der Waals surface area contributed by atoms with Gasteiger partial charge < -0.3 is 15.5 Å². The average Bonchev–Trinajstić information content (AvgIpc) is 3.16. The normalized spacial score (nSPS) is 11.9. The number of benzene rings is 1. The first-order chi connectivity index (χ1) is 15.3. The van der Waals surface area contributed by atoms with Crippen molar-refractivity contribution < 1.29 is 9.59 Å². The molecule has 33 heavy (non-hydrogen) atoms. The van der Waals surface area contributed by atoms with Crippen molar-refractivity contribution in [2.75, 3.05) is 23.7 Å². The van der Waals surface area contributed by atoms with Gasteiger partial charge in [-0.05, 0) is 51.3 Å². The Kier molecular flexibility index (Phi) is 8.69. The average molecular weight is 456 g/mol. The fraction of sp³-hybridized carbons (Fsp3) is 0.577. The Morgan fingerprint density at radius 3 is 2.30 bits per heavy atom. The number of nitrogens with one attached hydrogen (secondary N) is 2. The monoisotopic (exact) mass is 455 g/mol. The van der Waals surface area contributed by atoms with Gasteiger partial charge in [0.05, 0.1) is 11.2 Å². The molecular formula is C26H41N5O2. The quantitative estimate of drug-likeness (QED) is 0.530. The Bertz CT molecular complexity index is 950. The molecule has 1 aromatic heterocycles. The maximum Gasteiger partial charge on any atom is 0.322 e. The summed E-state index contributed by atoms with van der Waals surface area (Å²) in [5, 5.41) is 10.7. The molecule has 2 aromatic rings. The lowest BCUT2D eigenvalue weighted by atomic mass is 9.92. The van der Waals surface area contributed by atoms with Crippen LogP contribution in [0.1, 0.15) is 79.5 Å². The Labute approximate surface area is 198 Å². The van der Waals surface area contributed by atoms with E-state index in [9.17, 15) is 9.59 Å². The number of urea groups is 1. The summed E-state index contributed by atoms with van der Waals surface area (Å²) < 4.78 is 1.85. The molecule has 0 fully saturated rings. The van der Waals surface area contributed by atoms with Crippen molar-refractivity contribution in [2.45, 2.75) is 85.6 Å². The molecule has 7 nitrogen and oxygen atoms in total. The fourth-order valence-electron chi connectivity index (χ4n) is 3.38. The van der Waals surface area contributed by atoms with Crippen molar-refractivity contribution in [3.05, 3.63) is 41.6 Å². The number of aromatic nitrogens is 2. The molecule has 2 N–H and O–H groups in total. The number of carbonyl (C=O) groups excluding carboxylic acids is 2. The highest BCUT2D eigenvalue weighted by Crippen LogP contribution is 2.28. The van der Waals surface area contributed by atoms with Crippen molar-refractivity contribution in [1.29, 1.82) is 0 Å². The molecule has 0 atom stereocenters. The van der Waals surface area contributed by atoms with E-state index in [1.807, 2.05) is 55.8 Å². The lowest BCUT2D eigenvalue weighted by Crippen LogP contribution is -2.41. The van der Waals surface area contributed by atoms with E-state index in [0.29, 0.717) is 12.4 Å². The smallest absolute Gasteiger partial charge is 0.315 e. The highest BCUT2D eigenvalue weighted by molar-refractivity contribution is 5.96. The maximum atomic E-state index is 13.0. The molecular weight excluding hydrogens is 414 g/mol. The summed E-state index contributed by atoms with van der Waals surface area (Å²) in [5.41, 5.74) is 2.35. The zero-order valence-corrected chi connectivity index (χ0v) is 21.6. The van der Waals surface area contributed by atoms with Gasteiger partial charge in [-0.3, -0.25) is 4.79 Å². The number of anilines is 2. The molecule has 0 aliphatic carbocycles. The van der Waals surface area contributed by atoms with E-state index in [2.05, 4.69) is 45.3 Å².